The van der Waals surface area contributed by atoms with Crippen LogP contribution in [0.4, 0.5) is 5.69 Å². The molecule has 3 rings (SSSR count). The normalized spacial score (nSPS) is 14.7. The lowest BCUT2D eigenvalue weighted by Gasteiger charge is -2.35. The van der Waals surface area contributed by atoms with Gasteiger partial charge in [0.1, 0.15) is 17.5 Å². The summed E-state index contributed by atoms with van der Waals surface area (Å²) in [6.07, 6.45) is 1.83. The Labute approximate surface area is 171 Å². The standard InChI is InChI=1S/C21H26N2O5S/c1-15(21(24)22-12-11-16-7-5-6-8-17(16)14-22)23(29(4,25)26)19-13-18(27-2)9-10-20(19)28-3/h5-10,13,15H,11-12,14H2,1-4H3. The van der Waals surface area contributed by atoms with E-state index in [1.807, 2.05) is 18.2 Å². The van der Waals surface area contributed by atoms with E-state index in [0.29, 0.717) is 24.6 Å². The molecular formula is C21H26N2O5S. The lowest BCUT2D eigenvalue weighted by molar-refractivity contribution is -0.132. The monoisotopic (exact) mass is 418 g/mol. The summed E-state index contributed by atoms with van der Waals surface area (Å²) < 4.78 is 37.1. The van der Waals surface area contributed by atoms with Crippen molar-refractivity contribution in [2.75, 3.05) is 31.3 Å². The summed E-state index contributed by atoms with van der Waals surface area (Å²) in [6, 6.07) is 11.9. The Morgan fingerprint density at radius 1 is 1.10 bits per heavy atom. The number of hydrogen-bond acceptors (Lipinski definition) is 5. The fourth-order valence-electron chi connectivity index (χ4n) is 3.69. The number of hydrogen-bond donors (Lipinski definition) is 0. The molecule has 0 aromatic heterocycles. The van der Waals surface area contributed by atoms with Crippen molar-refractivity contribution in [3.8, 4) is 11.5 Å². The molecule has 0 saturated heterocycles. The number of anilines is 1. The molecule has 0 spiro atoms. The molecule has 1 aliphatic heterocycles. The number of fused-ring (bicyclic) bond motifs is 1. The van der Waals surface area contributed by atoms with Gasteiger partial charge in [-0.15, -0.1) is 0 Å². The van der Waals surface area contributed by atoms with Gasteiger partial charge in [-0.05, 0) is 36.6 Å². The van der Waals surface area contributed by atoms with E-state index in [1.54, 1.807) is 30.0 Å². The fraction of sp³-hybridized carbons (Fsp3) is 0.381. The molecule has 0 fully saturated rings. The quantitative estimate of drug-likeness (QED) is 0.720. The molecule has 1 amide bonds. The molecule has 0 aliphatic carbocycles. The van der Waals surface area contributed by atoms with Gasteiger partial charge in [-0.1, -0.05) is 24.3 Å². The molecule has 1 unspecified atom stereocenters. The van der Waals surface area contributed by atoms with Crippen molar-refractivity contribution in [1.29, 1.82) is 0 Å². The lowest BCUT2D eigenvalue weighted by Crippen LogP contribution is -2.50. The first-order valence-electron chi connectivity index (χ1n) is 9.33. The van der Waals surface area contributed by atoms with Crippen molar-refractivity contribution in [1.82, 2.24) is 4.90 Å². The Kier molecular flexibility index (Phi) is 6.02. The Morgan fingerprint density at radius 3 is 2.41 bits per heavy atom. The minimum Gasteiger partial charge on any atom is -0.497 e. The predicted molar refractivity (Wildman–Crippen MR) is 112 cm³/mol. The van der Waals surface area contributed by atoms with Gasteiger partial charge in [0.05, 0.1) is 26.2 Å². The smallest absolute Gasteiger partial charge is 0.246 e. The highest BCUT2D eigenvalue weighted by atomic mass is 32.2. The van der Waals surface area contributed by atoms with Crippen LogP contribution in [0.5, 0.6) is 11.5 Å². The van der Waals surface area contributed by atoms with E-state index in [4.69, 9.17) is 9.47 Å². The van der Waals surface area contributed by atoms with Crippen LogP contribution in [-0.4, -0.2) is 52.3 Å². The zero-order valence-electron chi connectivity index (χ0n) is 17.1. The third-order valence-corrected chi connectivity index (χ3v) is 6.36. The zero-order valence-corrected chi connectivity index (χ0v) is 17.9. The van der Waals surface area contributed by atoms with E-state index in [-0.39, 0.29) is 11.6 Å². The Bertz CT molecular complexity index is 1010. The fourth-order valence-corrected chi connectivity index (χ4v) is 4.86. The number of carbonyl (C=O) groups excluding carboxylic acids is 1. The van der Waals surface area contributed by atoms with Gasteiger partial charge in [0, 0.05) is 19.2 Å². The minimum absolute atomic E-state index is 0.255. The Morgan fingerprint density at radius 2 is 1.79 bits per heavy atom. The van der Waals surface area contributed by atoms with E-state index in [0.717, 1.165) is 22.5 Å². The van der Waals surface area contributed by atoms with E-state index in [1.165, 1.54) is 19.8 Å². The van der Waals surface area contributed by atoms with Crippen LogP contribution in [0.15, 0.2) is 42.5 Å². The van der Waals surface area contributed by atoms with Crippen molar-refractivity contribution in [2.45, 2.75) is 25.9 Å². The number of amides is 1. The van der Waals surface area contributed by atoms with Crippen molar-refractivity contribution in [3.63, 3.8) is 0 Å². The third kappa shape index (κ3) is 4.32. The number of sulfonamides is 1. The third-order valence-electron chi connectivity index (χ3n) is 5.13. The highest BCUT2D eigenvalue weighted by Gasteiger charge is 2.35. The molecule has 1 aliphatic rings. The number of ether oxygens (including phenoxy) is 2. The van der Waals surface area contributed by atoms with Crippen LogP contribution >= 0.6 is 0 Å². The summed E-state index contributed by atoms with van der Waals surface area (Å²) in [5.41, 5.74) is 2.58. The topological polar surface area (TPSA) is 76.2 Å². The molecule has 2 aromatic rings. The predicted octanol–water partition coefficient (Wildman–Crippen LogP) is 2.44. The molecule has 0 saturated carbocycles. The number of methoxy groups -OCH3 is 2. The van der Waals surface area contributed by atoms with Crippen molar-refractivity contribution >= 4 is 21.6 Å². The van der Waals surface area contributed by atoms with Gasteiger partial charge < -0.3 is 14.4 Å². The first-order valence-corrected chi connectivity index (χ1v) is 11.2. The summed E-state index contributed by atoms with van der Waals surface area (Å²) in [5, 5.41) is 0. The van der Waals surface area contributed by atoms with Crippen LogP contribution in [-0.2, 0) is 27.8 Å². The molecular weight excluding hydrogens is 392 g/mol. The van der Waals surface area contributed by atoms with Crippen LogP contribution in [0.1, 0.15) is 18.1 Å². The average Bonchev–Trinajstić information content (AvgIpc) is 2.71. The van der Waals surface area contributed by atoms with Crippen LogP contribution in [0.25, 0.3) is 0 Å². The summed E-state index contributed by atoms with van der Waals surface area (Å²) >= 11 is 0. The second-order valence-corrected chi connectivity index (χ2v) is 8.91. The highest BCUT2D eigenvalue weighted by molar-refractivity contribution is 7.92. The second-order valence-electron chi connectivity index (χ2n) is 7.05. The molecule has 156 valence electrons. The van der Waals surface area contributed by atoms with Crippen LogP contribution in [0, 0.1) is 0 Å². The maximum atomic E-state index is 13.3. The molecule has 0 N–H and O–H groups in total. The average molecular weight is 419 g/mol. The maximum absolute atomic E-state index is 13.3. The van der Waals surface area contributed by atoms with Gasteiger partial charge in [0.15, 0.2) is 0 Å². The molecule has 1 heterocycles. The Balaban J connectivity index is 1.95. The van der Waals surface area contributed by atoms with Gasteiger partial charge in [-0.25, -0.2) is 8.42 Å². The molecule has 2 aromatic carbocycles. The first kappa shape index (κ1) is 21.0. The molecule has 1 atom stereocenters. The van der Waals surface area contributed by atoms with Gasteiger partial charge in [0.25, 0.3) is 0 Å². The number of rotatable bonds is 6. The minimum atomic E-state index is -3.77. The van der Waals surface area contributed by atoms with Gasteiger partial charge >= 0.3 is 0 Å². The van der Waals surface area contributed by atoms with Crippen LogP contribution < -0.4 is 13.8 Å². The summed E-state index contributed by atoms with van der Waals surface area (Å²) in [4.78, 5) is 15.0. The van der Waals surface area contributed by atoms with Crippen LogP contribution in [0.2, 0.25) is 0 Å². The van der Waals surface area contributed by atoms with E-state index in [9.17, 15) is 13.2 Å². The molecule has 0 radical (unpaired) electrons. The molecule has 7 nitrogen and oxygen atoms in total. The van der Waals surface area contributed by atoms with E-state index in [2.05, 4.69) is 6.07 Å². The highest BCUT2D eigenvalue weighted by Crippen LogP contribution is 2.35. The summed E-state index contributed by atoms with van der Waals surface area (Å²) in [6.45, 7) is 2.61. The van der Waals surface area contributed by atoms with Gasteiger partial charge in [-0.2, -0.15) is 0 Å². The SMILES string of the molecule is COc1ccc(OC)c(N(C(C)C(=O)N2CCc3ccccc3C2)S(C)(=O)=O)c1. The van der Waals surface area contributed by atoms with E-state index >= 15 is 0 Å². The number of nitrogens with zero attached hydrogens (tertiary/aromatic N) is 2. The van der Waals surface area contributed by atoms with Crippen molar-refractivity contribution in [3.05, 3.63) is 53.6 Å². The van der Waals surface area contributed by atoms with Crippen molar-refractivity contribution < 1.29 is 22.7 Å². The summed E-state index contributed by atoms with van der Waals surface area (Å²) in [7, 11) is -0.814. The van der Waals surface area contributed by atoms with Crippen molar-refractivity contribution in [2.24, 2.45) is 0 Å². The summed E-state index contributed by atoms with van der Waals surface area (Å²) in [5.74, 6) is 0.565. The van der Waals surface area contributed by atoms with Gasteiger partial charge in [-0.3, -0.25) is 9.10 Å². The number of benzene rings is 2. The lowest BCUT2D eigenvalue weighted by atomic mass is 9.99. The molecule has 29 heavy (non-hydrogen) atoms. The molecule has 8 heteroatoms. The second kappa shape index (κ2) is 8.32. The first-order chi connectivity index (χ1) is 13.8. The largest absolute Gasteiger partial charge is 0.497 e. The van der Waals surface area contributed by atoms with E-state index < -0.39 is 16.1 Å². The zero-order chi connectivity index (χ0) is 21.2. The maximum Gasteiger partial charge on any atom is 0.246 e. The molecule has 0 bridgehead atoms. The number of carbonyl (C=O) groups is 1. The van der Waals surface area contributed by atoms with Gasteiger partial charge in [0.2, 0.25) is 15.9 Å². The Hall–Kier alpha value is -2.74. The van der Waals surface area contributed by atoms with Crippen LogP contribution in [0.3, 0.4) is 0 Å².